The van der Waals surface area contributed by atoms with E-state index in [1.54, 1.807) is 11.3 Å². The summed E-state index contributed by atoms with van der Waals surface area (Å²) in [7, 11) is 0. The van der Waals surface area contributed by atoms with Crippen molar-refractivity contribution in [3.8, 4) is 0 Å². The highest BCUT2D eigenvalue weighted by atomic mass is 32.1. The minimum absolute atomic E-state index is 0.0631. The number of H-pyrrole nitrogens is 1. The van der Waals surface area contributed by atoms with Crippen LogP contribution >= 0.6 is 11.3 Å². The van der Waals surface area contributed by atoms with Gasteiger partial charge in [-0.1, -0.05) is 12.5 Å². The summed E-state index contributed by atoms with van der Waals surface area (Å²) >= 11 is 1.79. The summed E-state index contributed by atoms with van der Waals surface area (Å²) in [4.78, 5) is 24.0. The molecule has 0 saturated carbocycles. The first kappa shape index (κ1) is 15.1. The summed E-state index contributed by atoms with van der Waals surface area (Å²) in [5, 5.41) is 5.59. The lowest BCUT2D eigenvalue weighted by molar-refractivity contribution is 0.241. The van der Waals surface area contributed by atoms with Gasteiger partial charge in [0.15, 0.2) is 0 Å². The summed E-state index contributed by atoms with van der Waals surface area (Å²) in [5.41, 5.74) is 1.92. The third-order valence-corrected chi connectivity index (χ3v) is 5.63. The second-order valence-electron chi connectivity index (χ2n) is 6.42. The molecule has 0 aliphatic carbocycles. The molecular formula is C17H22N4OS. The Morgan fingerprint density at radius 3 is 3.13 bits per heavy atom. The first-order valence-electron chi connectivity index (χ1n) is 8.40. The number of nitrogens with one attached hydrogen (secondary N) is 2. The maximum Gasteiger partial charge on any atom is 0.254 e. The number of thiophene rings is 1. The lowest BCUT2D eigenvalue weighted by Crippen LogP contribution is -2.37. The summed E-state index contributed by atoms with van der Waals surface area (Å²) in [6, 6.07) is 4.46. The predicted octanol–water partition coefficient (Wildman–Crippen LogP) is 2.20. The van der Waals surface area contributed by atoms with Crippen molar-refractivity contribution in [3.05, 3.63) is 49.8 Å². The van der Waals surface area contributed by atoms with Crippen LogP contribution in [0.1, 0.15) is 47.3 Å². The Hall–Kier alpha value is -1.50. The molecule has 23 heavy (non-hydrogen) atoms. The lowest BCUT2D eigenvalue weighted by Gasteiger charge is -2.28. The van der Waals surface area contributed by atoms with Gasteiger partial charge in [-0.15, -0.1) is 11.3 Å². The van der Waals surface area contributed by atoms with E-state index in [0.29, 0.717) is 0 Å². The Labute approximate surface area is 139 Å². The number of piperidine rings is 1. The Bertz CT molecular complexity index is 719. The molecule has 6 heteroatoms. The van der Waals surface area contributed by atoms with E-state index in [4.69, 9.17) is 4.98 Å². The number of fused-ring (bicyclic) bond motifs is 1. The standard InChI is InChI=1S/C17H22N4OS/c22-17-13-6-8-21(10-12-4-3-9-23-12)11-15(13)19-16(20-17)14-5-1-2-7-18-14/h3-4,9,14,18H,1-2,5-8,10-11H2,(H,19,20,22). The number of aromatic amines is 1. The van der Waals surface area contributed by atoms with E-state index in [2.05, 4.69) is 32.7 Å². The van der Waals surface area contributed by atoms with Gasteiger partial charge in [-0.25, -0.2) is 4.98 Å². The highest BCUT2D eigenvalue weighted by Crippen LogP contribution is 2.22. The number of nitrogens with zero attached hydrogens (tertiary/aromatic N) is 2. The maximum absolute atomic E-state index is 12.4. The minimum Gasteiger partial charge on any atom is -0.309 e. The average molecular weight is 330 g/mol. The molecule has 0 amide bonds. The molecule has 0 bridgehead atoms. The van der Waals surface area contributed by atoms with Crippen molar-refractivity contribution in [3.63, 3.8) is 0 Å². The van der Waals surface area contributed by atoms with E-state index in [-0.39, 0.29) is 11.6 Å². The van der Waals surface area contributed by atoms with Crippen molar-refractivity contribution in [2.24, 2.45) is 0 Å². The van der Waals surface area contributed by atoms with E-state index in [1.165, 1.54) is 17.7 Å². The van der Waals surface area contributed by atoms with Crippen LogP contribution in [0.2, 0.25) is 0 Å². The molecule has 0 spiro atoms. The van der Waals surface area contributed by atoms with Crippen LogP contribution in [0.15, 0.2) is 22.3 Å². The SMILES string of the molecule is O=c1[nH]c(C2CCCCN2)nc2c1CCN(Cc1cccs1)C2. The fraction of sp³-hybridized carbons (Fsp3) is 0.529. The second kappa shape index (κ2) is 6.55. The molecule has 4 heterocycles. The van der Waals surface area contributed by atoms with Gasteiger partial charge in [-0.3, -0.25) is 9.69 Å². The number of rotatable bonds is 3. The summed E-state index contributed by atoms with van der Waals surface area (Å²) in [5.74, 6) is 0.825. The zero-order valence-corrected chi connectivity index (χ0v) is 14.0. The fourth-order valence-corrected chi connectivity index (χ4v) is 4.27. The van der Waals surface area contributed by atoms with Crippen LogP contribution in [0, 0.1) is 0 Å². The van der Waals surface area contributed by atoms with Crippen molar-refractivity contribution < 1.29 is 0 Å². The van der Waals surface area contributed by atoms with Gasteiger partial charge in [0.1, 0.15) is 5.82 Å². The zero-order valence-electron chi connectivity index (χ0n) is 13.2. The van der Waals surface area contributed by atoms with Crippen molar-refractivity contribution in [1.29, 1.82) is 0 Å². The van der Waals surface area contributed by atoms with Gasteiger partial charge in [-0.05, 0) is 37.3 Å². The van der Waals surface area contributed by atoms with Gasteiger partial charge in [0.05, 0.1) is 11.7 Å². The molecule has 2 aromatic rings. The largest absolute Gasteiger partial charge is 0.309 e. The Morgan fingerprint density at radius 2 is 2.35 bits per heavy atom. The van der Waals surface area contributed by atoms with Crippen molar-refractivity contribution >= 4 is 11.3 Å². The quantitative estimate of drug-likeness (QED) is 0.906. The molecule has 2 aliphatic rings. The third-order valence-electron chi connectivity index (χ3n) is 4.77. The highest BCUT2D eigenvalue weighted by molar-refractivity contribution is 7.09. The van der Waals surface area contributed by atoms with Crippen molar-refractivity contribution in [1.82, 2.24) is 20.2 Å². The molecule has 2 aliphatic heterocycles. The first-order valence-corrected chi connectivity index (χ1v) is 9.27. The van der Waals surface area contributed by atoms with Crippen molar-refractivity contribution in [2.75, 3.05) is 13.1 Å². The molecule has 5 nitrogen and oxygen atoms in total. The van der Waals surface area contributed by atoms with Gasteiger partial charge >= 0.3 is 0 Å². The van der Waals surface area contributed by atoms with Gasteiger partial charge in [0.2, 0.25) is 0 Å². The fourth-order valence-electron chi connectivity index (χ4n) is 3.52. The van der Waals surface area contributed by atoms with E-state index in [0.717, 1.165) is 56.1 Å². The van der Waals surface area contributed by atoms with E-state index in [9.17, 15) is 4.79 Å². The van der Waals surface area contributed by atoms with Crippen LogP contribution in [-0.4, -0.2) is 28.0 Å². The second-order valence-corrected chi connectivity index (χ2v) is 7.45. The average Bonchev–Trinajstić information content (AvgIpc) is 3.08. The van der Waals surface area contributed by atoms with Gasteiger partial charge < -0.3 is 10.3 Å². The predicted molar refractivity (Wildman–Crippen MR) is 91.6 cm³/mol. The normalized spacial score (nSPS) is 22.0. The smallest absolute Gasteiger partial charge is 0.254 e. The molecular weight excluding hydrogens is 308 g/mol. The molecule has 1 atom stereocenters. The monoisotopic (exact) mass is 330 g/mol. The number of hydrogen-bond donors (Lipinski definition) is 2. The van der Waals surface area contributed by atoms with Crippen LogP contribution in [-0.2, 0) is 19.5 Å². The number of aromatic nitrogens is 2. The Balaban J connectivity index is 1.56. The van der Waals surface area contributed by atoms with E-state index < -0.39 is 0 Å². The van der Waals surface area contributed by atoms with Gasteiger partial charge in [0, 0.05) is 30.1 Å². The van der Waals surface area contributed by atoms with Crippen LogP contribution in [0.25, 0.3) is 0 Å². The maximum atomic E-state index is 12.4. The van der Waals surface area contributed by atoms with Crippen LogP contribution in [0.3, 0.4) is 0 Å². The van der Waals surface area contributed by atoms with Gasteiger partial charge in [0.25, 0.3) is 5.56 Å². The van der Waals surface area contributed by atoms with Crippen LogP contribution < -0.4 is 10.9 Å². The van der Waals surface area contributed by atoms with Crippen LogP contribution in [0.5, 0.6) is 0 Å². The lowest BCUT2D eigenvalue weighted by atomic mass is 10.0. The molecule has 1 unspecified atom stereocenters. The highest BCUT2D eigenvalue weighted by Gasteiger charge is 2.24. The molecule has 0 aromatic carbocycles. The summed E-state index contributed by atoms with van der Waals surface area (Å²) < 4.78 is 0. The van der Waals surface area contributed by atoms with Crippen LogP contribution in [0.4, 0.5) is 0 Å². The summed E-state index contributed by atoms with van der Waals surface area (Å²) in [6.07, 6.45) is 4.26. The van der Waals surface area contributed by atoms with Gasteiger partial charge in [-0.2, -0.15) is 0 Å². The van der Waals surface area contributed by atoms with E-state index >= 15 is 0 Å². The molecule has 2 N–H and O–H groups in total. The minimum atomic E-state index is 0.0631. The topological polar surface area (TPSA) is 61.0 Å². The van der Waals surface area contributed by atoms with Crippen molar-refractivity contribution in [2.45, 2.75) is 44.8 Å². The molecule has 1 saturated heterocycles. The zero-order chi connectivity index (χ0) is 15.6. The Kier molecular flexibility index (Phi) is 4.29. The summed E-state index contributed by atoms with van der Waals surface area (Å²) in [6.45, 7) is 3.66. The first-order chi connectivity index (χ1) is 11.3. The Morgan fingerprint density at radius 1 is 1.39 bits per heavy atom. The molecule has 4 rings (SSSR count). The third kappa shape index (κ3) is 3.24. The molecule has 0 radical (unpaired) electrons. The molecule has 2 aromatic heterocycles. The molecule has 1 fully saturated rings. The van der Waals surface area contributed by atoms with E-state index in [1.807, 2.05) is 0 Å². The number of hydrogen-bond acceptors (Lipinski definition) is 5. The molecule has 122 valence electrons.